The molecule has 1 aromatic rings. The molecule has 0 atom stereocenters. The number of nitrogens with zero attached hydrogens (tertiary/aromatic N) is 2. The van der Waals surface area contributed by atoms with E-state index < -0.39 is 0 Å². The number of benzene rings is 1. The molecule has 98 valence electrons. The van der Waals surface area contributed by atoms with Gasteiger partial charge < -0.3 is 10.2 Å². The molecular weight excluding hydrogens is 296 g/mol. The van der Waals surface area contributed by atoms with Crippen LogP contribution in [-0.2, 0) is 6.54 Å². The van der Waals surface area contributed by atoms with Crippen molar-refractivity contribution in [1.29, 1.82) is 5.26 Å². The minimum Gasteiger partial charge on any atom is -0.396 e. The third kappa shape index (κ3) is 4.75. The zero-order valence-electron chi connectivity index (χ0n) is 10.1. The predicted octanol–water partition coefficient (Wildman–Crippen LogP) is 1.50. The van der Waals surface area contributed by atoms with E-state index in [9.17, 15) is 0 Å². The number of halogens is 1. The maximum Gasteiger partial charge on any atom is 0.0992 e. The summed E-state index contributed by atoms with van der Waals surface area (Å²) in [5.74, 6) is 0. The molecule has 0 fully saturated rings. The van der Waals surface area contributed by atoms with Crippen molar-refractivity contribution < 1.29 is 10.2 Å². The van der Waals surface area contributed by atoms with Gasteiger partial charge >= 0.3 is 0 Å². The summed E-state index contributed by atoms with van der Waals surface area (Å²) in [6, 6.07) is 7.57. The molecule has 4 nitrogen and oxygen atoms in total. The molecule has 0 spiro atoms. The first-order chi connectivity index (χ1) is 8.71. The number of aliphatic hydroxyl groups is 2. The second-order valence-electron chi connectivity index (χ2n) is 3.99. The standard InChI is InChI=1S/C13H17BrN2O2/c14-13-8-11(9-15)2-3-12(13)10-16(5-7-18)4-1-6-17/h2-3,8,17-18H,1,4-7,10H2. The lowest BCUT2D eigenvalue weighted by molar-refractivity contribution is 0.174. The van der Waals surface area contributed by atoms with E-state index in [1.807, 2.05) is 6.07 Å². The molecule has 1 rings (SSSR count). The molecule has 2 N–H and O–H groups in total. The maximum absolute atomic E-state index is 9.01. The van der Waals surface area contributed by atoms with E-state index in [1.165, 1.54) is 0 Å². The van der Waals surface area contributed by atoms with Crippen LogP contribution in [0.3, 0.4) is 0 Å². The van der Waals surface area contributed by atoms with E-state index in [0.717, 1.165) is 16.6 Å². The lowest BCUT2D eigenvalue weighted by atomic mass is 10.1. The molecule has 1 aromatic carbocycles. The highest BCUT2D eigenvalue weighted by molar-refractivity contribution is 9.10. The van der Waals surface area contributed by atoms with Crippen molar-refractivity contribution in [3.63, 3.8) is 0 Å². The predicted molar refractivity (Wildman–Crippen MR) is 72.9 cm³/mol. The van der Waals surface area contributed by atoms with Crippen molar-refractivity contribution in [2.24, 2.45) is 0 Å². The highest BCUT2D eigenvalue weighted by Gasteiger charge is 2.08. The summed E-state index contributed by atoms with van der Waals surface area (Å²) in [6.45, 7) is 2.25. The lowest BCUT2D eigenvalue weighted by Crippen LogP contribution is -2.28. The van der Waals surface area contributed by atoms with Gasteiger partial charge in [-0.1, -0.05) is 22.0 Å². The smallest absolute Gasteiger partial charge is 0.0992 e. The van der Waals surface area contributed by atoms with Crippen molar-refractivity contribution in [2.75, 3.05) is 26.3 Å². The van der Waals surface area contributed by atoms with Crippen LogP contribution in [0.15, 0.2) is 22.7 Å². The van der Waals surface area contributed by atoms with Gasteiger partial charge in [-0.25, -0.2) is 0 Å². The Bertz CT molecular complexity index is 418. The second kappa shape index (κ2) is 8.22. The molecule has 0 amide bonds. The van der Waals surface area contributed by atoms with Gasteiger partial charge in [-0.3, -0.25) is 4.90 Å². The van der Waals surface area contributed by atoms with Crippen LogP contribution in [0.5, 0.6) is 0 Å². The van der Waals surface area contributed by atoms with Crippen molar-refractivity contribution in [3.05, 3.63) is 33.8 Å². The zero-order valence-corrected chi connectivity index (χ0v) is 11.7. The van der Waals surface area contributed by atoms with Gasteiger partial charge in [0.25, 0.3) is 0 Å². The summed E-state index contributed by atoms with van der Waals surface area (Å²) < 4.78 is 0.897. The second-order valence-corrected chi connectivity index (χ2v) is 4.85. The van der Waals surface area contributed by atoms with E-state index in [0.29, 0.717) is 25.1 Å². The number of aliphatic hydroxyl groups excluding tert-OH is 2. The Hall–Kier alpha value is -0.930. The molecule has 0 aliphatic carbocycles. The Balaban J connectivity index is 2.71. The topological polar surface area (TPSA) is 67.5 Å². The largest absolute Gasteiger partial charge is 0.396 e. The van der Waals surface area contributed by atoms with Crippen LogP contribution in [0.25, 0.3) is 0 Å². The molecule has 0 unspecified atom stereocenters. The first-order valence-electron chi connectivity index (χ1n) is 5.84. The average molecular weight is 313 g/mol. The summed E-state index contributed by atoms with van der Waals surface area (Å²) in [5.41, 5.74) is 1.69. The average Bonchev–Trinajstić information content (AvgIpc) is 2.38. The molecule has 18 heavy (non-hydrogen) atoms. The number of nitriles is 1. The summed E-state index contributed by atoms with van der Waals surface area (Å²) in [6.07, 6.45) is 0.688. The Morgan fingerprint density at radius 3 is 2.56 bits per heavy atom. The van der Waals surface area contributed by atoms with Gasteiger partial charge in [0.05, 0.1) is 18.2 Å². The first-order valence-corrected chi connectivity index (χ1v) is 6.63. The Labute approximate surface area is 116 Å². The van der Waals surface area contributed by atoms with Gasteiger partial charge in [-0.2, -0.15) is 5.26 Å². The molecule has 0 saturated heterocycles. The van der Waals surface area contributed by atoms with E-state index in [1.54, 1.807) is 12.1 Å². The first kappa shape index (κ1) is 15.1. The summed E-state index contributed by atoms with van der Waals surface area (Å²) >= 11 is 3.45. The molecule has 0 saturated carbocycles. The summed E-state index contributed by atoms with van der Waals surface area (Å²) in [5, 5.41) is 26.6. The SMILES string of the molecule is N#Cc1ccc(CN(CCO)CCCO)c(Br)c1. The highest BCUT2D eigenvalue weighted by atomic mass is 79.9. The van der Waals surface area contributed by atoms with Gasteiger partial charge in [-0.15, -0.1) is 0 Å². The van der Waals surface area contributed by atoms with E-state index in [4.69, 9.17) is 15.5 Å². The highest BCUT2D eigenvalue weighted by Crippen LogP contribution is 2.20. The molecule has 0 bridgehead atoms. The van der Waals surface area contributed by atoms with Gasteiger partial charge in [0, 0.05) is 30.7 Å². The van der Waals surface area contributed by atoms with Crippen molar-refractivity contribution in [1.82, 2.24) is 4.90 Å². The minimum atomic E-state index is 0.0966. The normalized spacial score (nSPS) is 10.6. The van der Waals surface area contributed by atoms with Gasteiger partial charge in [0.15, 0.2) is 0 Å². The zero-order chi connectivity index (χ0) is 13.4. The fraction of sp³-hybridized carbons (Fsp3) is 0.462. The van der Waals surface area contributed by atoms with Crippen LogP contribution < -0.4 is 0 Å². The van der Waals surface area contributed by atoms with Crippen LogP contribution in [0, 0.1) is 11.3 Å². The van der Waals surface area contributed by atoms with Crippen LogP contribution >= 0.6 is 15.9 Å². The molecule has 0 aliphatic heterocycles. The third-order valence-corrected chi connectivity index (χ3v) is 3.36. The van der Waals surface area contributed by atoms with Crippen molar-refractivity contribution in [3.8, 4) is 6.07 Å². The Morgan fingerprint density at radius 2 is 2.00 bits per heavy atom. The third-order valence-electron chi connectivity index (χ3n) is 2.62. The van der Waals surface area contributed by atoms with Crippen LogP contribution in [0.2, 0.25) is 0 Å². The molecule has 5 heteroatoms. The molecule has 0 aliphatic rings. The Morgan fingerprint density at radius 1 is 1.22 bits per heavy atom. The number of hydrogen-bond donors (Lipinski definition) is 2. The van der Waals surface area contributed by atoms with Gasteiger partial charge in [0.2, 0.25) is 0 Å². The lowest BCUT2D eigenvalue weighted by Gasteiger charge is -2.21. The molecular formula is C13H17BrN2O2. The number of rotatable bonds is 7. The van der Waals surface area contributed by atoms with E-state index in [2.05, 4.69) is 26.9 Å². The van der Waals surface area contributed by atoms with Crippen molar-refractivity contribution in [2.45, 2.75) is 13.0 Å². The molecule has 0 aromatic heterocycles. The Kier molecular flexibility index (Phi) is 6.91. The number of hydrogen-bond acceptors (Lipinski definition) is 4. The monoisotopic (exact) mass is 312 g/mol. The van der Waals surface area contributed by atoms with E-state index in [-0.39, 0.29) is 13.2 Å². The van der Waals surface area contributed by atoms with Crippen molar-refractivity contribution >= 4 is 15.9 Å². The molecule has 0 radical (unpaired) electrons. The molecule has 0 heterocycles. The minimum absolute atomic E-state index is 0.0966. The maximum atomic E-state index is 9.01. The summed E-state index contributed by atoms with van der Waals surface area (Å²) in [7, 11) is 0. The summed E-state index contributed by atoms with van der Waals surface area (Å²) in [4.78, 5) is 2.07. The van der Waals surface area contributed by atoms with Crippen LogP contribution in [0.1, 0.15) is 17.5 Å². The quantitative estimate of drug-likeness (QED) is 0.800. The van der Waals surface area contributed by atoms with Crippen LogP contribution in [0.4, 0.5) is 0 Å². The van der Waals surface area contributed by atoms with Gasteiger partial charge in [-0.05, 0) is 24.1 Å². The fourth-order valence-corrected chi connectivity index (χ4v) is 2.20. The fourth-order valence-electron chi connectivity index (χ4n) is 1.69. The van der Waals surface area contributed by atoms with E-state index >= 15 is 0 Å². The van der Waals surface area contributed by atoms with Gasteiger partial charge in [0.1, 0.15) is 0 Å². The van der Waals surface area contributed by atoms with Crippen LogP contribution in [-0.4, -0.2) is 41.4 Å².